The van der Waals surface area contributed by atoms with Gasteiger partial charge >= 0.3 is 0 Å². The predicted molar refractivity (Wildman–Crippen MR) is 122 cm³/mol. The molecule has 5 nitrogen and oxygen atoms in total. The normalized spacial score (nSPS) is 15.0. The third-order valence-corrected chi connectivity index (χ3v) is 6.76. The van der Waals surface area contributed by atoms with Crippen molar-refractivity contribution >= 4 is 51.1 Å². The lowest BCUT2D eigenvalue weighted by molar-refractivity contribution is -0.105. The number of aryl methyl sites for hydroxylation is 1. The minimum atomic E-state index is 0.704. The molecule has 1 aliphatic rings. The Labute approximate surface area is 180 Å². The maximum atomic E-state index is 10.8. The van der Waals surface area contributed by atoms with Gasteiger partial charge in [0.1, 0.15) is 5.82 Å². The topological polar surface area (TPSA) is 48.5 Å². The maximum Gasteiger partial charge on any atom is 0.211 e. The second-order valence-electron chi connectivity index (χ2n) is 7.30. The average molecular weight is 429 g/mol. The van der Waals surface area contributed by atoms with E-state index in [0.29, 0.717) is 6.41 Å². The number of rotatable bonds is 7. The van der Waals surface area contributed by atoms with Crippen molar-refractivity contribution in [3.05, 3.63) is 52.5 Å². The van der Waals surface area contributed by atoms with Gasteiger partial charge in [0.2, 0.25) is 6.41 Å². The Balaban J connectivity index is 1.36. The van der Waals surface area contributed by atoms with E-state index in [4.69, 9.17) is 16.0 Å². The Morgan fingerprint density at radius 1 is 1.17 bits per heavy atom. The molecular weight excluding hydrogens is 404 g/mol. The Morgan fingerprint density at radius 3 is 2.72 bits per heavy atom. The molecule has 152 valence electrons. The second kappa shape index (κ2) is 9.11. The number of aromatic nitrogens is 1. The lowest BCUT2D eigenvalue weighted by Crippen LogP contribution is -2.47. The number of anilines is 2. The fraction of sp³-hybridized carbons (Fsp3) is 0.364. The molecule has 0 atom stereocenters. The summed E-state index contributed by atoms with van der Waals surface area (Å²) in [5, 5.41) is 4.72. The van der Waals surface area contributed by atoms with Gasteiger partial charge in [-0.3, -0.25) is 9.69 Å². The van der Waals surface area contributed by atoms with Crippen molar-refractivity contribution in [3.8, 4) is 0 Å². The van der Waals surface area contributed by atoms with Crippen LogP contribution in [0, 0.1) is 0 Å². The molecule has 0 unspecified atom stereocenters. The van der Waals surface area contributed by atoms with Crippen molar-refractivity contribution in [2.24, 2.45) is 0 Å². The fourth-order valence-corrected chi connectivity index (χ4v) is 4.97. The Kier molecular flexibility index (Phi) is 6.33. The average Bonchev–Trinajstić information content (AvgIpc) is 3.18. The lowest BCUT2D eigenvalue weighted by Gasteiger charge is -2.35. The third-order valence-electron chi connectivity index (χ3n) is 5.60. The molecule has 4 rings (SSSR count). The number of halogens is 1. The predicted octanol–water partition coefficient (Wildman–Crippen LogP) is 4.45. The highest BCUT2D eigenvalue weighted by Crippen LogP contribution is 2.30. The first-order valence-electron chi connectivity index (χ1n) is 10.0. The zero-order valence-electron chi connectivity index (χ0n) is 16.5. The van der Waals surface area contributed by atoms with Gasteiger partial charge in [0, 0.05) is 48.8 Å². The quantitative estimate of drug-likeness (QED) is 0.565. The number of carbonyl (C=O) groups is 1. The Morgan fingerprint density at radius 2 is 1.97 bits per heavy atom. The molecular formula is C22H25ClN4OS. The molecule has 2 heterocycles. The van der Waals surface area contributed by atoms with E-state index in [1.807, 2.05) is 6.07 Å². The molecule has 29 heavy (non-hydrogen) atoms. The van der Waals surface area contributed by atoms with Crippen LogP contribution in [0.25, 0.3) is 10.1 Å². The largest absolute Gasteiger partial charge is 0.353 e. The summed E-state index contributed by atoms with van der Waals surface area (Å²) in [5.41, 5.74) is 3.07. The van der Waals surface area contributed by atoms with Crippen LogP contribution >= 0.6 is 23.1 Å². The smallest absolute Gasteiger partial charge is 0.211 e. The van der Waals surface area contributed by atoms with Crippen LogP contribution in [0.5, 0.6) is 0 Å². The third kappa shape index (κ3) is 4.39. The first-order valence-corrected chi connectivity index (χ1v) is 11.2. The summed E-state index contributed by atoms with van der Waals surface area (Å²) in [5.74, 6) is 1.12. The monoisotopic (exact) mass is 428 g/mol. The number of nitrogens with one attached hydrogen (secondary N) is 1. The maximum absolute atomic E-state index is 10.8. The molecule has 0 spiro atoms. The van der Waals surface area contributed by atoms with Crippen molar-refractivity contribution in [3.63, 3.8) is 0 Å². The first kappa shape index (κ1) is 20.1. The zero-order chi connectivity index (χ0) is 20.2. The molecule has 2 aromatic carbocycles. The van der Waals surface area contributed by atoms with Gasteiger partial charge in [0.15, 0.2) is 0 Å². The van der Waals surface area contributed by atoms with E-state index in [0.717, 1.165) is 73.2 Å². The van der Waals surface area contributed by atoms with Gasteiger partial charge in [0.25, 0.3) is 0 Å². The number of fused-ring (bicyclic) bond motifs is 1. The van der Waals surface area contributed by atoms with Gasteiger partial charge in [-0.2, -0.15) is 4.37 Å². The van der Waals surface area contributed by atoms with Crippen molar-refractivity contribution < 1.29 is 4.79 Å². The van der Waals surface area contributed by atoms with Crippen LogP contribution in [0.15, 0.2) is 36.4 Å². The Hall–Kier alpha value is -2.15. The number of amides is 1. The van der Waals surface area contributed by atoms with E-state index < -0.39 is 0 Å². The Bertz CT molecular complexity index is 998. The van der Waals surface area contributed by atoms with Gasteiger partial charge < -0.3 is 10.2 Å². The van der Waals surface area contributed by atoms with Crippen molar-refractivity contribution in [2.75, 3.05) is 42.9 Å². The molecule has 1 aromatic heterocycles. The van der Waals surface area contributed by atoms with Gasteiger partial charge in [-0.25, -0.2) is 0 Å². The number of carbonyl (C=O) groups excluding carboxylic acids is 1. The summed E-state index contributed by atoms with van der Waals surface area (Å²) in [7, 11) is 0. The lowest BCUT2D eigenvalue weighted by atomic mass is 10.0. The van der Waals surface area contributed by atoms with Crippen LogP contribution in [0.4, 0.5) is 11.5 Å². The van der Waals surface area contributed by atoms with Crippen LogP contribution in [0.3, 0.4) is 0 Å². The van der Waals surface area contributed by atoms with E-state index in [2.05, 4.69) is 52.4 Å². The number of benzene rings is 2. The molecule has 1 saturated heterocycles. The summed E-state index contributed by atoms with van der Waals surface area (Å²) in [6.45, 7) is 7.09. The number of hydrogen-bond donors (Lipinski definition) is 1. The highest BCUT2D eigenvalue weighted by molar-refractivity contribution is 7.13. The van der Waals surface area contributed by atoms with Gasteiger partial charge in [-0.1, -0.05) is 36.7 Å². The molecule has 0 bridgehead atoms. The minimum absolute atomic E-state index is 0.704. The van der Waals surface area contributed by atoms with Crippen LogP contribution in [-0.4, -0.2) is 48.4 Å². The highest BCUT2D eigenvalue weighted by Gasteiger charge is 2.20. The summed E-state index contributed by atoms with van der Waals surface area (Å²) < 4.78 is 5.94. The van der Waals surface area contributed by atoms with Crippen LogP contribution in [-0.2, 0) is 17.6 Å². The highest BCUT2D eigenvalue weighted by atomic mass is 35.5. The second-order valence-corrected chi connectivity index (χ2v) is 8.51. The zero-order valence-corrected chi connectivity index (χ0v) is 18.1. The van der Waals surface area contributed by atoms with E-state index in [-0.39, 0.29) is 0 Å². The molecule has 0 aliphatic carbocycles. The van der Waals surface area contributed by atoms with E-state index >= 15 is 0 Å². The van der Waals surface area contributed by atoms with Crippen molar-refractivity contribution in [2.45, 2.75) is 19.8 Å². The standard InChI is InChI=1S/C22H25ClN4OS/c1-2-16-13-17(19(23)14-20(16)24-15-28)7-8-26-9-11-27(12-10-26)22-18-5-3-4-6-21(18)29-25-22/h3-6,13-15H,2,7-12H2,1H3,(H,24,28). The SMILES string of the molecule is CCc1cc(CCN2CCN(c3nsc4ccccc34)CC2)c(Cl)cc1NC=O. The fourth-order valence-electron chi connectivity index (χ4n) is 3.91. The van der Waals surface area contributed by atoms with Crippen molar-refractivity contribution in [1.82, 2.24) is 9.27 Å². The summed E-state index contributed by atoms with van der Waals surface area (Å²) >= 11 is 8.05. The van der Waals surface area contributed by atoms with Gasteiger partial charge in [-0.15, -0.1) is 0 Å². The van der Waals surface area contributed by atoms with Gasteiger partial charge in [-0.05, 0) is 53.7 Å². The molecule has 1 amide bonds. The molecule has 3 aromatic rings. The molecule has 0 radical (unpaired) electrons. The molecule has 1 aliphatic heterocycles. The van der Waals surface area contributed by atoms with Crippen LogP contribution < -0.4 is 10.2 Å². The molecule has 1 fully saturated rings. The number of piperazine rings is 1. The van der Waals surface area contributed by atoms with E-state index in [1.54, 1.807) is 11.5 Å². The van der Waals surface area contributed by atoms with Crippen molar-refractivity contribution in [1.29, 1.82) is 0 Å². The summed E-state index contributed by atoms with van der Waals surface area (Å²) in [6.07, 6.45) is 2.48. The van der Waals surface area contributed by atoms with Gasteiger partial charge in [0.05, 0.1) is 4.70 Å². The molecule has 0 saturated carbocycles. The van der Waals surface area contributed by atoms with Crippen LogP contribution in [0.2, 0.25) is 5.02 Å². The van der Waals surface area contributed by atoms with Crippen LogP contribution in [0.1, 0.15) is 18.1 Å². The summed E-state index contributed by atoms with van der Waals surface area (Å²) in [6, 6.07) is 12.5. The molecule has 7 heteroatoms. The van der Waals surface area contributed by atoms with E-state index in [1.165, 1.54) is 10.1 Å². The summed E-state index contributed by atoms with van der Waals surface area (Å²) in [4.78, 5) is 15.7. The first-order chi connectivity index (χ1) is 14.2. The number of nitrogens with zero attached hydrogens (tertiary/aromatic N) is 3. The minimum Gasteiger partial charge on any atom is -0.353 e. The number of hydrogen-bond acceptors (Lipinski definition) is 5. The van der Waals surface area contributed by atoms with E-state index in [9.17, 15) is 4.79 Å². The molecule has 1 N–H and O–H groups in total.